The highest BCUT2D eigenvalue weighted by atomic mass is 32.1. The molecule has 1 unspecified atom stereocenters. The van der Waals surface area contributed by atoms with Gasteiger partial charge in [0.05, 0.1) is 12.0 Å². The van der Waals surface area contributed by atoms with Gasteiger partial charge in [-0.15, -0.1) is 11.3 Å². The number of hydrogen-bond donors (Lipinski definition) is 0. The van der Waals surface area contributed by atoms with Crippen molar-refractivity contribution >= 4 is 17.2 Å². The zero-order chi connectivity index (χ0) is 16.4. The first-order valence-electron chi connectivity index (χ1n) is 8.54. The van der Waals surface area contributed by atoms with Crippen LogP contribution in [0.5, 0.6) is 0 Å². The molecule has 0 saturated carbocycles. The van der Waals surface area contributed by atoms with Crippen molar-refractivity contribution in [2.75, 3.05) is 19.6 Å². The van der Waals surface area contributed by atoms with E-state index >= 15 is 0 Å². The van der Waals surface area contributed by atoms with E-state index in [9.17, 15) is 4.79 Å². The van der Waals surface area contributed by atoms with Crippen molar-refractivity contribution < 1.29 is 4.79 Å². The van der Waals surface area contributed by atoms with Gasteiger partial charge in [-0.3, -0.25) is 14.7 Å². The topological polar surface area (TPSA) is 49.3 Å². The largest absolute Gasteiger partial charge is 0.338 e. The van der Waals surface area contributed by atoms with E-state index in [1.165, 1.54) is 0 Å². The van der Waals surface area contributed by atoms with E-state index in [2.05, 4.69) is 14.9 Å². The Labute approximate surface area is 146 Å². The van der Waals surface area contributed by atoms with Crippen molar-refractivity contribution in [3.63, 3.8) is 0 Å². The highest BCUT2D eigenvalue weighted by molar-refractivity contribution is 7.09. The van der Waals surface area contributed by atoms with E-state index < -0.39 is 0 Å². The Morgan fingerprint density at radius 1 is 1.21 bits per heavy atom. The number of carbonyl (C=O) groups excluding carboxylic acids is 1. The Morgan fingerprint density at radius 3 is 2.96 bits per heavy atom. The van der Waals surface area contributed by atoms with E-state index in [4.69, 9.17) is 0 Å². The van der Waals surface area contributed by atoms with Gasteiger partial charge in [0.1, 0.15) is 5.01 Å². The molecule has 126 valence electrons. The average molecular weight is 342 g/mol. The van der Waals surface area contributed by atoms with Gasteiger partial charge in [0.2, 0.25) is 5.91 Å². The fourth-order valence-electron chi connectivity index (χ4n) is 4.02. The maximum Gasteiger partial charge on any atom is 0.230 e. The Kier molecular flexibility index (Phi) is 4.33. The number of amides is 1. The molecule has 2 aromatic heterocycles. The smallest absolute Gasteiger partial charge is 0.230 e. The maximum atomic E-state index is 13.1. The second-order valence-electron chi connectivity index (χ2n) is 6.86. The zero-order valence-electron chi connectivity index (χ0n) is 13.7. The van der Waals surface area contributed by atoms with E-state index in [1.807, 2.05) is 34.8 Å². The van der Waals surface area contributed by atoms with Crippen LogP contribution in [0.3, 0.4) is 0 Å². The molecule has 6 heteroatoms. The summed E-state index contributed by atoms with van der Waals surface area (Å²) >= 11 is 1.70. The third-order valence-corrected chi connectivity index (χ3v) is 5.96. The van der Waals surface area contributed by atoms with Crippen LogP contribution < -0.4 is 0 Å². The first-order chi connectivity index (χ1) is 11.8. The molecule has 2 aliphatic rings. The second kappa shape index (κ2) is 6.61. The maximum absolute atomic E-state index is 13.1. The molecule has 0 N–H and O–H groups in total. The number of thiazole rings is 1. The lowest BCUT2D eigenvalue weighted by molar-refractivity contribution is -0.139. The molecule has 2 aliphatic heterocycles. The predicted molar refractivity (Wildman–Crippen MR) is 93.3 cm³/mol. The molecule has 4 heterocycles. The van der Waals surface area contributed by atoms with Crippen LogP contribution in [0.15, 0.2) is 36.1 Å². The van der Waals surface area contributed by atoms with Crippen molar-refractivity contribution in [1.82, 2.24) is 19.8 Å². The fraction of sp³-hybridized carbons (Fsp3) is 0.500. The van der Waals surface area contributed by atoms with Crippen molar-refractivity contribution in [2.24, 2.45) is 5.41 Å². The molecule has 0 radical (unpaired) electrons. The van der Waals surface area contributed by atoms with Gasteiger partial charge >= 0.3 is 0 Å². The minimum absolute atomic E-state index is 0.183. The highest BCUT2D eigenvalue weighted by Crippen LogP contribution is 2.41. The molecule has 1 atom stereocenters. The normalized spacial score (nSPS) is 24.8. The van der Waals surface area contributed by atoms with Crippen LogP contribution in [-0.2, 0) is 17.9 Å². The Bertz CT molecular complexity index is 690. The lowest BCUT2D eigenvalue weighted by atomic mass is 9.78. The van der Waals surface area contributed by atoms with Crippen LogP contribution in [0.1, 0.15) is 29.8 Å². The SMILES string of the molecule is O=C1N(Cc2cccnc2)CCC12CCCN(Cc1nccs1)C2. The van der Waals surface area contributed by atoms with E-state index in [-0.39, 0.29) is 5.41 Å². The Hall–Kier alpha value is -1.79. The first kappa shape index (κ1) is 15.7. The summed E-state index contributed by atoms with van der Waals surface area (Å²) in [6.45, 7) is 4.35. The number of rotatable bonds is 4. The molecule has 24 heavy (non-hydrogen) atoms. The first-order valence-corrected chi connectivity index (χ1v) is 9.42. The van der Waals surface area contributed by atoms with Crippen LogP contribution in [-0.4, -0.2) is 45.3 Å². The predicted octanol–water partition coefficient (Wildman–Crippen LogP) is 2.55. The fourth-order valence-corrected chi connectivity index (χ4v) is 4.68. The highest BCUT2D eigenvalue weighted by Gasteiger charge is 2.48. The standard InChI is InChI=1S/C18H22N4OS/c23-17-18(5-9-22(17)12-15-3-1-6-19-11-15)4-2-8-21(14-18)13-16-20-7-10-24-16/h1,3,6-7,10-11H,2,4-5,8-9,12-14H2. The molecule has 2 saturated heterocycles. The molecule has 2 fully saturated rings. The quantitative estimate of drug-likeness (QED) is 0.857. The monoisotopic (exact) mass is 342 g/mol. The van der Waals surface area contributed by atoms with Crippen molar-refractivity contribution in [3.05, 3.63) is 46.7 Å². The van der Waals surface area contributed by atoms with Crippen LogP contribution in [0, 0.1) is 5.41 Å². The van der Waals surface area contributed by atoms with Gasteiger partial charge in [0, 0.05) is 43.6 Å². The van der Waals surface area contributed by atoms with Gasteiger partial charge < -0.3 is 4.90 Å². The third kappa shape index (κ3) is 3.08. The lowest BCUT2D eigenvalue weighted by Gasteiger charge is -2.38. The average Bonchev–Trinajstić information content (AvgIpc) is 3.21. The summed E-state index contributed by atoms with van der Waals surface area (Å²) in [5.41, 5.74) is 0.927. The molecule has 0 bridgehead atoms. The summed E-state index contributed by atoms with van der Waals surface area (Å²) < 4.78 is 0. The van der Waals surface area contributed by atoms with E-state index in [1.54, 1.807) is 17.5 Å². The number of likely N-dealkylation sites (tertiary alicyclic amines) is 2. The summed E-state index contributed by atoms with van der Waals surface area (Å²) in [5, 5.41) is 3.16. The zero-order valence-corrected chi connectivity index (χ0v) is 14.5. The molecule has 0 aliphatic carbocycles. The Morgan fingerprint density at radius 2 is 2.17 bits per heavy atom. The second-order valence-corrected chi connectivity index (χ2v) is 7.84. The summed E-state index contributed by atoms with van der Waals surface area (Å²) in [6.07, 6.45) is 8.57. The van der Waals surface area contributed by atoms with Gasteiger partial charge in [0.25, 0.3) is 0 Å². The summed E-state index contributed by atoms with van der Waals surface area (Å²) in [7, 11) is 0. The molecule has 1 spiro atoms. The van der Waals surface area contributed by atoms with Crippen LogP contribution in [0.4, 0.5) is 0 Å². The van der Waals surface area contributed by atoms with Gasteiger partial charge in [-0.05, 0) is 37.4 Å². The molecule has 1 amide bonds. The minimum Gasteiger partial charge on any atom is -0.338 e. The number of piperidine rings is 1. The summed E-state index contributed by atoms with van der Waals surface area (Å²) in [5.74, 6) is 0.329. The lowest BCUT2D eigenvalue weighted by Crippen LogP contribution is -2.47. The number of pyridine rings is 1. The van der Waals surface area contributed by atoms with Crippen molar-refractivity contribution in [3.8, 4) is 0 Å². The van der Waals surface area contributed by atoms with Crippen LogP contribution >= 0.6 is 11.3 Å². The molecular formula is C18H22N4OS. The Balaban J connectivity index is 1.44. The summed E-state index contributed by atoms with van der Waals surface area (Å²) in [6, 6.07) is 3.98. The number of carbonyl (C=O) groups is 1. The van der Waals surface area contributed by atoms with Crippen molar-refractivity contribution in [1.29, 1.82) is 0 Å². The number of nitrogens with zero attached hydrogens (tertiary/aromatic N) is 4. The van der Waals surface area contributed by atoms with Gasteiger partial charge in [-0.25, -0.2) is 4.98 Å². The van der Waals surface area contributed by atoms with E-state index in [0.717, 1.165) is 56.0 Å². The number of aromatic nitrogens is 2. The van der Waals surface area contributed by atoms with Gasteiger partial charge in [-0.1, -0.05) is 6.07 Å². The van der Waals surface area contributed by atoms with Crippen LogP contribution in [0.25, 0.3) is 0 Å². The molecule has 2 aromatic rings. The van der Waals surface area contributed by atoms with Crippen molar-refractivity contribution in [2.45, 2.75) is 32.4 Å². The minimum atomic E-state index is -0.183. The molecule has 4 rings (SSSR count). The van der Waals surface area contributed by atoms with E-state index in [0.29, 0.717) is 12.5 Å². The van der Waals surface area contributed by atoms with Gasteiger partial charge in [-0.2, -0.15) is 0 Å². The van der Waals surface area contributed by atoms with Gasteiger partial charge in [0.15, 0.2) is 0 Å². The number of hydrogen-bond acceptors (Lipinski definition) is 5. The third-order valence-electron chi connectivity index (χ3n) is 5.20. The van der Waals surface area contributed by atoms with Crippen LogP contribution in [0.2, 0.25) is 0 Å². The molecule has 5 nitrogen and oxygen atoms in total. The summed E-state index contributed by atoms with van der Waals surface area (Å²) in [4.78, 5) is 26.1. The molecule has 0 aromatic carbocycles. The molecular weight excluding hydrogens is 320 g/mol.